The number of nitrogens with two attached hydrogens (primary N) is 2. The maximum absolute atomic E-state index is 11.1. The number of sulfonamides is 1. The maximum atomic E-state index is 11.1. The predicted molar refractivity (Wildman–Crippen MR) is 556 cm³/mol. The zero-order valence-electron chi connectivity index (χ0n) is 89.5. The Morgan fingerprint density at radius 3 is 0.952 bits per heavy atom. The van der Waals surface area contributed by atoms with E-state index in [1.165, 1.54) is 58.3 Å². The van der Waals surface area contributed by atoms with Gasteiger partial charge >= 0.3 is 6.03 Å². The average Bonchev–Trinajstić information content (AvgIpc) is 1.59. The SMILES string of the molecule is CC(C)C(=O)NCCN(C)C.CC(C)C(=O)N[C@@H](C)C(N)=O.CC(C)C(N)=O.CC(C)N(C)C.CC(C)N(C)CCN(C)C.CC(C)N1CCCC1.CC(C)N1CCCCC1.CC(C)NC(=O)CCCN(C)C.CC(C)NC(=O)CN(C)C.CC(C)NC(=S)NC(C)C.CC(C)NS(C)(=O)=O.CCNC(=S)NC(C)C.CNC(=O)NC(C)C.CNC(=S)NC(C)C. The summed E-state index contributed by atoms with van der Waals surface area (Å²) in [5.74, 6) is -0.567. The standard InChI is InChI=1S/C9H20N2O.C8H18N2O.C8H20N2.C8H17N.C7H14N2O2.C7H16N2O.C7H16N2S.C7H15N.C6H14N2S.C5H12N2O.C5H12N2S.C5H13N.C4H11NO2S.C4H9NO/c1-8(2)10-9(12)6-5-7-11(3)4;1-7(2)8(11)9-5-6-10(3)4;1-8(2)10(5)7-6-9(3)4;1-8(2)9-6-4-3-5-7-9;1-4(2)7(11)9-5(3)6(8)10;1-6(2)8-7(10)5-9(3)4;1-5(2)8-7(10)9-6(3)4;1-7(2)8-5-3-4-6-8;1-4-7-6(9)8-5(2)3;2*1-4(2)7-5(8)6-3;1-5(2)6(3)4;1-4(2)5-8(3,6)7;1-3(2)4(5)6/h8H,5-7H2,1-4H3,(H,10,12);7H,5-6H2,1-4H3,(H,9,11);8H,6-7H2,1-5H3;8H,3-7H2,1-2H3;4-5H,1-3H3,(H2,8,10)(H,9,11);6H,5H2,1-4H3,(H,8,10);5-6H,1-4H3,(H2,8,9,10);7H,3-6H2,1-2H3;5H,4H2,1-3H3,(H2,7,8,9);2*4H,1-3H3,(H2,6,7,8);5H,1-4H3;4-5H,1-3H3;3H,1-2H3,(H2,5,6)/t;;;;5-;;;;;;;;;/m....0........./s1. The third kappa shape index (κ3) is 144. The van der Waals surface area contributed by atoms with Gasteiger partial charge in [-0.15, -0.1) is 0 Å². The van der Waals surface area contributed by atoms with Gasteiger partial charge in [0.25, 0.3) is 0 Å². The molecule has 2 fully saturated rings. The molecule has 17 N–H and O–H groups in total. The van der Waals surface area contributed by atoms with E-state index in [1.54, 1.807) is 62.6 Å². The second kappa shape index (κ2) is 94.4. The van der Waals surface area contributed by atoms with Crippen LogP contribution < -0.4 is 80.0 Å². The number of likely N-dealkylation sites (tertiary alicyclic amines) is 2. The number of primary amides is 2. The summed E-state index contributed by atoms with van der Waals surface area (Å²) in [4.78, 5) is 92.5. The van der Waals surface area contributed by atoms with Crippen LogP contribution in [0.2, 0.25) is 0 Å². The molecule has 0 aromatic heterocycles. The quantitative estimate of drug-likeness (QED) is 0.0288. The van der Waals surface area contributed by atoms with Crippen molar-refractivity contribution in [1.82, 2.24) is 108 Å². The maximum Gasteiger partial charge on any atom is 0.314 e. The fraction of sp³-hybridized carbons (Fsp3) is 0.889. The van der Waals surface area contributed by atoms with Gasteiger partial charge in [-0.2, -0.15) is 0 Å². The van der Waals surface area contributed by atoms with Crippen LogP contribution in [0.3, 0.4) is 0 Å². The number of likely N-dealkylation sites (N-methyl/N-ethyl adjacent to an activating group) is 4. The second-order valence-corrected chi connectivity index (χ2v) is 39.5. The number of piperidine rings is 1. The number of urea groups is 1. The third-order valence-corrected chi connectivity index (χ3v) is 17.5. The summed E-state index contributed by atoms with van der Waals surface area (Å²) in [5, 5.41) is 36.3. The largest absolute Gasteiger partial charge is 0.369 e. The van der Waals surface area contributed by atoms with Gasteiger partial charge in [0, 0.05) is 143 Å². The van der Waals surface area contributed by atoms with Crippen molar-refractivity contribution in [2.75, 3.05) is 170 Å². The Morgan fingerprint density at radius 2 is 0.722 bits per heavy atom. The van der Waals surface area contributed by atoms with Crippen molar-refractivity contribution in [3.05, 3.63) is 0 Å². The molecule has 760 valence electrons. The Kier molecular flexibility index (Phi) is 110. The molecule has 0 bridgehead atoms. The fourth-order valence-corrected chi connectivity index (χ4v) is 10.1. The fourth-order valence-electron chi connectivity index (χ4n) is 8.11. The summed E-state index contributed by atoms with van der Waals surface area (Å²) in [6.45, 7) is 75.6. The van der Waals surface area contributed by atoms with Crippen LogP contribution in [0.5, 0.6) is 0 Å². The van der Waals surface area contributed by atoms with Crippen molar-refractivity contribution in [3.63, 3.8) is 0 Å². The van der Waals surface area contributed by atoms with Gasteiger partial charge in [0.15, 0.2) is 15.3 Å². The normalized spacial score (nSPS) is 12.3. The monoisotopic (exact) mass is 1880 g/mol. The number of hydrogen-bond acceptors (Lipinski definition) is 20. The minimum Gasteiger partial charge on any atom is -0.369 e. The number of carbonyl (C=O) groups excluding carboxylic acids is 7. The zero-order chi connectivity index (χ0) is 102. The van der Waals surface area contributed by atoms with E-state index >= 15 is 0 Å². The number of rotatable bonds is 31. The third-order valence-electron chi connectivity index (χ3n) is 15.8. The molecule has 2 rings (SSSR count). The van der Waals surface area contributed by atoms with Crippen molar-refractivity contribution in [1.29, 1.82) is 0 Å². The molecule has 0 spiro atoms. The number of thiocarbonyl (C=S) groups is 3. The Balaban J connectivity index is -0.000000111. The molecular formula is C90H207N23O9S4. The lowest BCUT2D eigenvalue weighted by Crippen LogP contribution is -2.43. The first-order valence-corrected chi connectivity index (χ1v) is 48.8. The number of hydrogen-bond donors (Lipinski definition) is 15. The van der Waals surface area contributed by atoms with Gasteiger partial charge in [-0.3, -0.25) is 28.8 Å². The summed E-state index contributed by atoms with van der Waals surface area (Å²) < 4.78 is 23.0. The van der Waals surface area contributed by atoms with Crippen LogP contribution in [-0.2, 0) is 38.8 Å². The number of nitrogens with one attached hydrogen (secondary N) is 13. The van der Waals surface area contributed by atoms with E-state index in [0.29, 0.717) is 54.3 Å². The van der Waals surface area contributed by atoms with Gasteiger partial charge in [-0.05, 0) is 359 Å². The van der Waals surface area contributed by atoms with Crippen LogP contribution in [0.1, 0.15) is 267 Å². The first kappa shape index (κ1) is 146. The Morgan fingerprint density at radius 1 is 0.381 bits per heavy atom. The smallest absolute Gasteiger partial charge is 0.314 e. The molecule has 32 nitrogen and oxygen atoms in total. The lowest BCUT2D eigenvalue weighted by molar-refractivity contribution is -0.128. The molecule has 0 radical (unpaired) electrons. The summed E-state index contributed by atoms with van der Waals surface area (Å²) >= 11 is 14.7. The van der Waals surface area contributed by atoms with Crippen molar-refractivity contribution >= 4 is 103 Å². The highest BCUT2D eigenvalue weighted by atomic mass is 32.2. The minimum absolute atomic E-state index is 0.00463. The highest BCUT2D eigenvalue weighted by Crippen LogP contribution is 2.12. The van der Waals surface area contributed by atoms with E-state index in [4.69, 9.17) is 48.1 Å². The minimum atomic E-state index is -2.97. The highest BCUT2D eigenvalue weighted by molar-refractivity contribution is 7.88. The summed E-state index contributed by atoms with van der Waals surface area (Å²) in [5.41, 5.74) is 9.73. The van der Waals surface area contributed by atoms with E-state index in [2.05, 4.69) is 230 Å². The van der Waals surface area contributed by atoms with Crippen molar-refractivity contribution in [2.45, 2.75) is 345 Å². The topological polar surface area (TPSA) is 388 Å². The number of amides is 8. The van der Waals surface area contributed by atoms with Gasteiger partial charge in [0.05, 0.1) is 12.8 Å². The molecule has 2 aliphatic heterocycles. The molecular weight excluding hydrogens is 1680 g/mol. The molecule has 0 saturated carbocycles. The van der Waals surface area contributed by atoms with Gasteiger partial charge < -0.3 is 114 Å². The molecule has 2 aliphatic rings. The first-order chi connectivity index (χ1) is 57.4. The average molecular weight is 1880 g/mol. The Labute approximate surface area is 792 Å². The summed E-state index contributed by atoms with van der Waals surface area (Å²) in [6, 6.07) is 4.60. The van der Waals surface area contributed by atoms with Crippen LogP contribution >= 0.6 is 36.7 Å². The molecule has 2 heterocycles. The first-order valence-electron chi connectivity index (χ1n) is 45.6. The number of carbonyl (C=O) groups is 7. The van der Waals surface area contributed by atoms with E-state index in [0.717, 1.165) is 74.3 Å². The van der Waals surface area contributed by atoms with Crippen molar-refractivity contribution in [3.8, 4) is 0 Å². The molecule has 0 unspecified atom stereocenters. The van der Waals surface area contributed by atoms with Crippen LogP contribution in [0.4, 0.5) is 4.79 Å². The van der Waals surface area contributed by atoms with E-state index in [-0.39, 0.29) is 77.5 Å². The lowest BCUT2D eigenvalue weighted by Gasteiger charge is -2.29. The highest BCUT2D eigenvalue weighted by Gasteiger charge is 2.16. The second-order valence-electron chi connectivity index (χ2n) is 36.5. The van der Waals surface area contributed by atoms with E-state index < -0.39 is 22.0 Å². The van der Waals surface area contributed by atoms with Crippen LogP contribution in [-0.4, -0.2) is 353 Å². The summed E-state index contributed by atoms with van der Waals surface area (Å²) in [6.07, 6.45) is 9.82. The predicted octanol–water partition coefficient (Wildman–Crippen LogP) is 9.12. The van der Waals surface area contributed by atoms with Crippen LogP contribution in [0, 0.1) is 17.8 Å². The van der Waals surface area contributed by atoms with Gasteiger partial charge in [-0.1, -0.05) is 48.0 Å². The molecule has 0 aliphatic carbocycles. The molecule has 2 saturated heterocycles. The summed E-state index contributed by atoms with van der Waals surface area (Å²) in [7, 11) is 22.7. The van der Waals surface area contributed by atoms with E-state index in [9.17, 15) is 42.0 Å². The number of nitrogens with zero attached hydrogens (tertiary/aromatic N) is 8. The molecule has 126 heavy (non-hydrogen) atoms. The molecule has 0 aromatic carbocycles. The Bertz CT molecular complexity index is 2620. The lowest BCUT2D eigenvalue weighted by atomic mass is 10.1. The van der Waals surface area contributed by atoms with Gasteiger partial charge in [0.1, 0.15) is 6.04 Å². The van der Waals surface area contributed by atoms with Crippen LogP contribution in [0.25, 0.3) is 0 Å². The molecule has 0 aromatic rings. The Hall–Kier alpha value is -5.25. The van der Waals surface area contributed by atoms with Gasteiger partial charge in [-0.25, -0.2) is 17.9 Å². The van der Waals surface area contributed by atoms with Gasteiger partial charge in [0.2, 0.25) is 45.5 Å². The molecule has 8 amide bonds. The van der Waals surface area contributed by atoms with Crippen molar-refractivity contribution < 1.29 is 42.0 Å². The molecule has 36 heteroatoms. The van der Waals surface area contributed by atoms with E-state index in [1.807, 2.05) is 128 Å². The van der Waals surface area contributed by atoms with Crippen LogP contribution in [0.15, 0.2) is 0 Å². The van der Waals surface area contributed by atoms with Crippen molar-refractivity contribution in [2.24, 2.45) is 29.2 Å². The molecule has 1 atom stereocenters. The zero-order valence-corrected chi connectivity index (χ0v) is 92.8.